The van der Waals surface area contributed by atoms with Crippen molar-refractivity contribution in [3.63, 3.8) is 0 Å². The number of carbonyl (C=O) groups excluding carboxylic acids is 2. The van der Waals surface area contributed by atoms with E-state index < -0.39 is 30.6 Å². The van der Waals surface area contributed by atoms with Crippen molar-refractivity contribution in [2.24, 2.45) is 0 Å². The Balaban J connectivity index is 2.16. The third-order valence-corrected chi connectivity index (χ3v) is 2.52. The number of aliphatic hydroxyl groups is 1. The third kappa shape index (κ3) is 3.19. The van der Waals surface area contributed by atoms with Gasteiger partial charge in [0.05, 0.1) is 0 Å². The second-order valence-corrected chi connectivity index (χ2v) is 3.87. The first-order valence-corrected chi connectivity index (χ1v) is 5.64. The molecule has 19 heavy (non-hydrogen) atoms. The van der Waals surface area contributed by atoms with Gasteiger partial charge in [-0.1, -0.05) is 6.07 Å². The first kappa shape index (κ1) is 13.3. The summed E-state index contributed by atoms with van der Waals surface area (Å²) in [7, 11) is 0. The fourth-order valence-corrected chi connectivity index (χ4v) is 1.71. The van der Waals surface area contributed by atoms with Crippen LogP contribution in [0.4, 0.5) is 10.1 Å². The zero-order chi connectivity index (χ0) is 13.8. The largest absolute Gasteiger partial charge is 0.406 e. The Labute approximate surface area is 108 Å². The Morgan fingerprint density at radius 1 is 1.32 bits per heavy atom. The predicted molar refractivity (Wildman–Crippen MR) is 61.4 cm³/mol. The number of benzene rings is 1. The molecule has 7 heteroatoms. The summed E-state index contributed by atoms with van der Waals surface area (Å²) in [6.45, 7) is -0.236. The molecule has 102 valence electrons. The second-order valence-electron chi connectivity index (χ2n) is 3.87. The van der Waals surface area contributed by atoms with Gasteiger partial charge >= 0.3 is 18.4 Å². The number of nitrogens with one attached hydrogen (secondary N) is 1. The highest BCUT2D eigenvalue weighted by atomic mass is 19.1. The van der Waals surface area contributed by atoms with Crippen molar-refractivity contribution in [2.45, 2.75) is 19.3 Å². The number of ether oxygens (including phenoxy) is 2. The molecule has 0 saturated carbocycles. The first-order valence-electron chi connectivity index (χ1n) is 5.64. The van der Waals surface area contributed by atoms with Crippen LogP contribution in [0.3, 0.4) is 0 Å². The fraction of sp³-hybridized carbons (Fsp3) is 0.333. The minimum atomic E-state index is -1.28. The molecule has 0 amide bonds. The molecular weight excluding hydrogens is 257 g/mol. The van der Waals surface area contributed by atoms with Crippen molar-refractivity contribution in [3.05, 3.63) is 29.6 Å². The van der Waals surface area contributed by atoms with E-state index in [2.05, 4.69) is 5.32 Å². The Bertz CT molecular complexity index is 489. The van der Waals surface area contributed by atoms with E-state index in [1.165, 1.54) is 18.2 Å². The molecule has 1 aromatic rings. The molecule has 2 rings (SSSR count). The molecule has 0 radical (unpaired) electrons. The van der Waals surface area contributed by atoms with E-state index in [0.29, 0.717) is 5.69 Å². The zero-order valence-electron chi connectivity index (χ0n) is 9.89. The molecule has 0 aliphatic carbocycles. The van der Waals surface area contributed by atoms with Gasteiger partial charge in [-0.2, -0.15) is 0 Å². The average Bonchev–Trinajstić information content (AvgIpc) is 2.32. The molecule has 0 bridgehead atoms. The lowest BCUT2D eigenvalue weighted by atomic mass is 10.1. The number of hydrogen-bond acceptors (Lipinski definition) is 6. The van der Waals surface area contributed by atoms with Crippen molar-refractivity contribution in [1.82, 2.24) is 0 Å². The van der Waals surface area contributed by atoms with E-state index in [1.54, 1.807) is 0 Å². The molecule has 2 N–H and O–H groups in total. The van der Waals surface area contributed by atoms with Crippen LogP contribution in [-0.2, 0) is 25.5 Å². The molecule has 1 heterocycles. The normalized spacial score (nSPS) is 15.9. The highest BCUT2D eigenvalue weighted by Gasteiger charge is 2.28. The number of esters is 2. The summed E-state index contributed by atoms with van der Waals surface area (Å²) >= 11 is 0. The summed E-state index contributed by atoms with van der Waals surface area (Å²) in [5.41, 5.74) is 0.518. The van der Waals surface area contributed by atoms with E-state index in [4.69, 9.17) is 14.6 Å². The molecule has 0 aromatic heterocycles. The first-order chi connectivity index (χ1) is 9.10. The van der Waals surface area contributed by atoms with Crippen LogP contribution in [0, 0.1) is 5.82 Å². The lowest BCUT2D eigenvalue weighted by Gasteiger charge is -2.24. The number of carbonyl (C=O) groups is 2. The van der Waals surface area contributed by atoms with Crippen LogP contribution in [-0.4, -0.2) is 30.1 Å². The van der Waals surface area contributed by atoms with E-state index in [1.807, 2.05) is 0 Å². The molecule has 0 atom stereocenters. The number of anilines is 1. The highest BCUT2D eigenvalue weighted by Crippen LogP contribution is 2.22. The van der Waals surface area contributed by atoms with Gasteiger partial charge in [0.15, 0.2) is 0 Å². The number of hydrogen-bond donors (Lipinski definition) is 2. The van der Waals surface area contributed by atoms with Crippen LogP contribution in [0.15, 0.2) is 18.2 Å². The van der Waals surface area contributed by atoms with Crippen LogP contribution >= 0.6 is 0 Å². The highest BCUT2D eigenvalue weighted by molar-refractivity contribution is 5.92. The number of cyclic esters (lactones) is 2. The molecule has 1 aromatic carbocycles. The van der Waals surface area contributed by atoms with Gasteiger partial charge in [-0.05, 0) is 12.1 Å². The van der Waals surface area contributed by atoms with Crippen LogP contribution in [0.1, 0.15) is 12.0 Å². The van der Waals surface area contributed by atoms with E-state index in [9.17, 15) is 14.0 Å². The summed E-state index contributed by atoms with van der Waals surface area (Å²) in [5.74, 6) is -1.93. The van der Waals surface area contributed by atoms with Crippen molar-refractivity contribution >= 4 is 17.6 Å². The van der Waals surface area contributed by atoms with Crippen LogP contribution < -0.4 is 5.32 Å². The van der Waals surface area contributed by atoms with Crippen molar-refractivity contribution in [2.75, 3.05) is 11.9 Å². The molecule has 0 spiro atoms. The summed E-state index contributed by atoms with van der Waals surface area (Å²) in [4.78, 5) is 22.1. The van der Waals surface area contributed by atoms with Crippen molar-refractivity contribution in [1.29, 1.82) is 0 Å². The predicted octanol–water partition coefficient (Wildman–Crippen LogP) is 0.546. The Kier molecular flexibility index (Phi) is 3.96. The zero-order valence-corrected chi connectivity index (χ0v) is 9.89. The van der Waals surface area contributed by atoms with E-state index in [0.717, 1.165) is 0 Å². The number of halogens is 1. The molecule has 1 saturated heterocycles. The van der Waals surface area contributed by atoms with Crippen LogP contribution in [0.2, 0.25) is 0 Å². The molecule has 6 nitrogen and oxygen atoms in total. The maximum Gasteiger partial charge on any atom is 0.329 e. The molecule has 1 aliphatic heterocycles. The fourth-order valence-electron chi connectivity index (χ4n) is 1.71. The average molecular weight is 269 g/mol. The maximum absolute atomic E-state index is 13.6. The molecule has 1 fully saturated rings. The van der Waals surface area contributed by atoms with Gasteiger partial charge in [0.2, 0.25) is 0 Å². The van der Waals surface area contributed by atoms with Crippen LogP contribution in [0.5, 0.6) is 0 Å². The smallest absolute Gasteiger partial charge is 0.329 e. The van der Waals surface area contributed by atoms with E-state index >= 15 is 0 Å². The molecular formula is C12H12FNO5. The Hall–Kier alpha value is -2.15. The van der Waals surface area contributed by atoms with Gasteiger partial charge < -0.3 is 19.9 Å². The second kappa shape index (κ2) is 5.66. The Morgan fingerprint density at radius 2 is 2.00 bits per heavy atom. The van der Waals surface area contributed by atoms with Crippen molar-refractivity contribution in [3.8, 4) is 0 Å². The third-order valence-electron chi connectivity index (χ3n) is 2.52. The van der Waals surface area contributed by atoms with Gasteiger partial charge in [0.1, 0.15) is 12.2 Å². The topological polar surface area (TPSA) is 84.9 Å². The van der Waals surface area contributed by atoms with Gasteiger partial charge in [-0.25, -0.2) is 4.39 Å². The summed E-state index contributed by atoms with van der Waals surface area (Å²) < 4.78 is 23.1. The summed E-state index contributed by atoms with van der Waals surface area (Å²) in [5, 5.41) is 11.5. The van der Waals surface area contributed by atoms with Crippen molar-refractivity contribution < 1.29 is 28.6 Å². The summed E-state index contributed by atoms with van der Waals surface area (Å²) in [6.07, 6.45) is -1.64. The SMILES string of the molecule is O=C1CC(=O)OC(Nc2cccc(F)c2CCO)O1. The molecule has 1 aliphatic rings. The monoisotopic (exact) mass is 269 g/mol. The lowest BCUT2D eigenvalue weighted by molar-refractivity contribution is -0.197. The van der Waals surface area contributed by atoms with Gasteiger partial charge in [0.25, 0.3) is 0 Å². The lowest BCUT2D eigenvalue weighted by Crippen LogP contribution is -2.38. The standard InChI is InChI=1S/C12H12FNO5/c13-8-2-1-3-9(7(8)4-5-15)14-12-18-10(16)6-11(17)19-12/h1-3,12,14-15H,4-6H2. The minimum Gasteiger partial charge on any atom is -0.406 e. The summed E-state index contributed by atoms with van der Waals surface area (Å²) in [6, 6.07) is 4.23. The quantitative estimate of drug-likeness (QED) is 0.613. The number of rotatable bonds is 4. The number of aliphatic hydroxyl groups excluding tert-OH is 1. The minimum absolute atomic E-state index is 0.0869. The maximum atomic E-state index is 13.6. The van der Waals surface area contributed by atoms with Crippen LogP contribution in [0.25, 0.3) is 0 Å². The molecule has 0 unspecified atom stereocenters. The van der Waals surface area contributed by atoms with Gasteiger partial charge in [-0.15, -0.1) is 0 Å². The van der Waals surface area contributed by atoms with Gasteiger partial charge in [0, 0.05) is 24.3 Å². The van der Waals surface area contributed by atoms with E-state index in [-0.39, 0.29) is 18.6 Å². The van der Waals surface area contributed by atoms with Gasteiger partial charge in [-0.3, -0.25) is 9.59 Å². The Morgan fingerprint density at radius 3 is 2.63 bits per heavy atom.